The van der Waals surface area contributed by atoms with E-state index in [1.807, 2.05) is 0 Å². The van der Waals surface area contributed by atoms with Crippen molar-refractivity contribution < 1.29 is 41.4 Å². The Morgan fingerprint density at radius 3 is 2.27 bits per heavy atom. The maximum absolute atomic E-state index is 12.9. The maximum Gasteiger partial charge on any atom is 0.394 e. The molecule has 26 heavy (non-hydrogen) atoms. The van der Waals surface area contributed by atoms with E-state index >= 15 is 0 Å². The van der Waals surface area contributed by atoms with Crippen LogP contribution in [0.2, 0.25) is 0 Å². The van der Waals surface area contributed by atoms with Gasteiger partial charge < -0.3 is 14.7 Å². The van der Waals surface area contributed by atoms with E-state index in [-0.39, 0.29) is 18.6 Å². The smallest absolute Gasteiger partial charge is 0.394 e. The highest BCUT2D eigenvalue weighted by molar-refractivity contribution is 5.79. The third kappa shape index (κ3) is 5.06. The number of ether oxygens (including phenoxy) is 1. The van der Waals surface area contributed by atoms with E-state index in [2.05, 4.69) is 4.74 Å². The highest BCUT2D eigenvalue weighted by atomic mass is 19.4. The van der Waals surface area contributed by atoms with Crippen molar-refractivity contribution in [3.63, 3.8) is 0 Å². The zero-order valence-corrected chi connectivity index (χ0v) is 13.4. The summed E-state index contributed by atoms with van der Waals surface area (Å²) in [7, 11) is 0. The lowest BCUT2D eigenvalue weighted by Gasteiger charge is -2.18. The Morgan fingerprint density at radius 1 is 1.19 bits per heavy atom. The van der Waals surface area contributed by atoms with Gasteiger partial charge in [-0.3, -0.25) is 9.59 Å². The summed E-state index contributed by atoms with van der Waals surface area (Å²) in [6.07, 6.45) is -4.64. The molecule has 1 aliphatic heterocycles. The second-order valence-electron chi connectivity index (χ2n) is 5.91. The largest absolute Gasteiger partial charge is 0.481 e. The Labute approximate surface area is 145 Å². The lowest BCUT2D eigenvalue weighted by atomic mass is 9.96. The van der Waals surface area contributed by atoms with Crippen LogP contribution in [0.1, 0.15) is 12.0 Å². The average Bonchev–Trinajstić information content (AvgIpc) is 2.99. The van der Waals surface area contributed by atoms with Crippen LogP contribution < -0.4 is 4.74 Å². The number of nitrogens with zero attached hydrogens (tertiary/aromatic N) is 1. The molecule has 1 aliphatic rings. The van der Waals surface area contributed by atoms with Gasteiger partial charge in [0.05, 0.1) is 11.8 Å². The van der Waals surface area contributed by atoms with Gasteiger partial charge in [0, 0.05) is 19.5 Å². The molecule has 0 aromatic heterocycles. The monoisotopic (exact) mass is 381 g/mol. The second-order valence-corrected chi connectivity index (χ2v) is 5.91. The zero-order chi connectivity index (χ0) is 19.5. The van der Waals surface area contributed by atoms with Crippen molar-refractivity contribution in [1.82, 2.24) is 4.90 Å². The third-order valence-electron chi connectivity index (χ3n) is 4.19. The molecule has 0 radical (unpaired) electrons. The molecule has 1 amide bonds. The molecule has 1 saturated heterocycles. The van der Waals surface area contributed by atoms with E-state index in [0.717, 1.165) is 4.90 Å². The predicted molar refractivity (Wildman–Crippen MR) is 78.6 cm³/mol. The van der Waals surface area contributed by atoms with Gasteiger partial charge in [-0.25, -0.2) is 0 Å². The van der Waals surface area contributed by atoms with Crippen LogP contribution in [0.5, 0.6) is 5.75 Å². The molecular weight excluding hydrogens is 365 g/mol. The van der Waals surface area contributed by atoms with Gasteiger partial charge in [-0.05, 0) is 24.1 Å². The molecule has 1 aromatic carbocycles. The van der Waals surface area contributed by atoms with E-state index in [1.165, 1.54) is 24.3 Å². The summed E-state index contributed by atoms with van der Waals surface area (Å²) in [5.41, 5.74) is 0.612. The number of alkyl halides is 5. The number of carboxylic acids is 1. The molecule has 1 heterocycles. The van der Waals surface area contributed by atoms with Crippen LogP contribution in [-0.4, -0.2) is 47.8 Å². The van der Waals surface area contributed by atoms with Crippen LogP contribution in [0.15, 0.2) is 24.3 Å². The van der Waals surface area contributed by atoms with Crippen LogP contribution in [-0.2, 0) is 16.0 Å². The van der Waals surface area contributed by atoms with Crippen LogP contribution in [0.3, 0.4) is 0 Å². The normalized spacial score (nSPS) is 20.5. The SMILES string of the molecule is O=C(O)[C@@H]1CN(C(=O)CCc2ccc(OC(F)F)cc2)C[C@H]1C(F)(F)F. The zero-order valence-electron chi connectivity index (χ0n) is 13.4. The van der Waals surface area contributed by atoms with E-state index < -0.39 is 49.6 Å². The van der Waals surface area contributed by atoms with Crippen molar-refractivity contribution in [1.29, 1.82) is 0 Å². The molecular formula is C16H16F5NO4. The average molecular weight is 381 g/mol. The maximum atomic E-state index is 12.9. The van der Waals surface area contributed by atoms with E-state index in [0.29, 0.717) is 5.56 Å². The van der Waals surface area contributed by atoms with Crippen LogP contribution in [0, 0.1) is 11.8 Å². The molecule has 0 bridgehead atoms. The quantitative estimate of drug-likeness (QED) is 0.770. The molecule has 1 aromatic rings. The number of benzene rings is 1. The minimum atomic E-state index is -4.70. The van der Waals surface area contributed by atoms with Gasteiger partial charge in [0.15, 0.2) is 0 Å². The first-order chi connectivity index (χ1) is 12.1. The van der Waals surface area contributed by atoms with Crippen molar-refractivity contribution in [2.24, 2.45) is 11.8 Å². The second kappa shape index (κ2) is 7.88. The Morgan fingerprint density at radius 2 is 1.81 bits per heavy atom. The molecule has 5 nitrogen and oxygen atoms in total. The highest BCUT2D eigenvalue weighted by Crippen LogP contribution is 2.38. The number of hydrogen-bond donors (Lipinski definition) is 1. The first-order valence-electron chi connectivity index (χ1n) is 7.69. The molecule has 0 aliphatic carbocycles. The Bertz CT molecular complexity index is 647. The minimum Gasteiger partial charge on any atom is -0.481 e. The standard InChI is InChI=1S/C16H16F5NO4/c17-15(18)26-10-4-1-9(2-5-10)3-6-13(23)22-7-11(14(24)25)12(8-22)16(19,20)21/h1-2,4-5,11-12,15H,3,6-8H2,(H,24,25)/t11-,12-/m1/s1. The summed E-state index contributed by atoms with van der Waals surface area (Å²) >= 11 is 0. The van der Waals surface area contributed by atoms with Gasteiger partial charge in [0.1, 0.15) is 5.75 Å². The topological polar surface area (TPSA) is 66.8 Å². The number of carbonyl (C=O) groups is 2. The van der Waals surface area contributed by atoms with Gasteiger partial charge in [-0.2, -0.15) is 22.0 Å². The minimum absolute atomic E-state index is 0.0491. The highest BCUT2D eigenvalue weighted by Gasteiger charge is 2.53. The Hall–Kier alpha value is -2.39. The first-order valence-corrected chi connectivity index (χ1v) is 7.69. The number of aliphatic carboxylic acids is 1. The summed E-state index contributed by atoms with van der Waals surface area (Å²) in [5.74, 6) is -5.99. The van der Waals surface area contributed by atoms with Crippen molar-refractivity contribution in [2.75, 3.05) is 13.1 Å². The van der Waals surface area contributed by atoms with Gasteiger partial charge in [-0.1, -0.05) is 12.1 Å². The van der Waals surface area contributed by atoms with E-state index in [4.69, 9.17) is 5.11 Å². The number of aryl methyl sites for hydroxylation is 1. The molecule has 0 saturated carbocycles. The van der Waals surface area contributed by atoms with Crippen molar-refractivity contribution >= 4 is 11.9 Å². The van der Waals surface area contributed by atoms with Crippen LogP contribution >= 0.6 is 0 Å². The van der Waals surface area contributed by atoms with Gasteiger partial charge in [0.2, 0.25) is 5.91 Å². The van der Waals surface area contributed by atoms with Crippen molar-refractivity contribution in [2.45, 2.75) is 25.6 Å². The molecule has 144 valence electrons. The summed E-state index contributed by atoms with van der Waals surface area (Å²) in [6.45, 7) is -4.12. The summed E-state index contributed by atoms with van der Waals surface area (Å²) in [5, 5.41) is 8.94. The van der Waals surface area contributed by atoms with E-state index in [9.17, 15) is 31.5 Å². The number of likely N-dealkylation sites (tertiary alicyclic amines) is 1. The molecule has 0 spiro atoms. The third-order valence-corrected chi connectivity index (χ3v) is 4.19. The molecule has 2 atom stereocenters. The number of carboxylic acid groups (broad SMARTS) is 1. The lowest BCUT2D eigenvalue weighted by Crippen LogP contribution is -2.34. The van der Waals surface area contributed by atoms with Crippen LogP contribution in [0.4, 0.5) is 22.0 Å². The van der Waals surface area contributed by atoms with Crippen molar-refractivity contribution in [3.05, 3.63) is 29.8 Å². The first kappa shape index (κ1) is 19.9. The number of amides is 1. The molecule has 0 unspecified atom stereocenters. The van der Waals surface area contributed by atoms with Gasteiger partial charge >= 0.3 is 18.8 Å². The fourth-order valence-corrected chi connectivity index (χ4v) is 2.84. The van der Waals surface area contributed by atoms with Gasteiger partial charge in [0.25, 0.3) is 0 Å². The number of rotatable bonds is 6. The summed E-state index contributed by atoms with van der Waals surface area (Å²) in [4.78, 5) is 24.0. The summed E-state index contributed by atoms with van der Waals surface area (Å²) in [6, 6.07) is 5.52. The van der Waals surface area contributed by atoms with Crippen LogP contribution in [0.25, 0.3) is 0 Å². The number of carbonyl (C=O) groups excluding carboxylic acids is 1. The summed E-state index contributed by atoms with van der Waals surface area (Å²) < 4.78 is 67.1. The molecule has 2 rings (SSSR count). The lowest BCUT2D eigenvalue weighted by molar-refractivity contribution is -0.188. The molecule has 1 fully saturated rings. The molecule has 10 heteroatoms. The van der Waals surface area contributed by atoms with Gasteiger partial charge in [-0.15, -0.1) is 0 Å². The van der Waals surface area contributed by atoms with E-state index in [1.54, 1.807) is 0 Å². The Balaban J connectivity index is 1.92. The fraction of sp³-hybridized carbons (Fsp3) is 0.500. The number of hydrogen-bond acceptors (Lipinski definition) is 3. The predicted octanol–water partition coefficient (Wildman–Crippen LogP) is 2.94. The fourth-order valence-electron chi connectivity index (χ4n) is 2.84. The molecule has 1 N–H and O–H groups in total. The van der Waals surface area contributed by atoms with Crippen molar-refractivity contribution in [3.8, 4) is 5.75 Å². The Kier molecular flexibility index (Phi) is 6.04. The number of halogens is 5.